The molecule has 1 N–H and O–H groups in total. The average molecular weight is 461 g/mol. The fraction of sp³-hybridized carbons (Fsp3) is 0.400. The second-order valence-electron chi connectivity index (χ2n) is 8.83. The van der Waals surface area contributed by atoms with Gasteiger partial charge in [-0.3, -0.25) is 19.5 Å². The van der Waals surface area contributed by atoms with Crippen molar-refractivity contribution in [2.24, 2.45) is 4.99 Å². The van der Waals surface area contributed by atoms with E-state index in [4.69, 9.17) is 4.74 Å². The maximum atomic E-state index is 11.8. The van der Waals surface area contributed by atoms with Crippen LogP contribution < -0.4 is 25.8 Å². The zero-order valence-electron chi connectivity index (χ0n) is 19.5. The zero-order chi connectivity index (χ0) is 23.7. The molecule has 2 aromatic carbocycles. The van der Waals surface area contributed by atoms with Gasteiger partial charge in [-0.25, -0.2) is 9.97 Å². The van der Waals surface area contributed by atoms with E-state index in [0.29, 0.717) is 17.0 Å². The van der Waals surface area contributed by atoms with E-state index in [2.05, 4.69) is 36.1 Å². The van der Waals surface area contributed by atoms with Gasteiger partial charge in [-0.1, -0.05) is 0 Å². The molecule has 5 rings (SSSR count). The fourth-order valence-electron chi connectivity index (χ4n) is 4.74. The molecule has 0 amide bonds. The molecule has 1 unspecified atom stereocenters. The molecule has 1 aromatic heterocycles. The van der Waals surface area contributed by atoms with Gasteiger partial charge in [0, 0.05) is 49.6 Å². The predicted molar refractivity (Wildman–Crippen MR) is 133 cm³/mol. The fourth-order valence-corrected chi connectivity index (χ4v) is 4.74. The van der Waals surface area contributed by atoms with Crippen LogP contribution in [-0.4, -0.2) is 60.9 Å². The van der Waals surface area contributed by atoms with Crippen molar-refractivity contribution < 1.29 is 4.74 Å². The third-order valence-electron chi connectivity index (χ3n) is 6.78. The highest BCUT2D eigenvalue weighted by Crippen LogP contribution is 2.37. The van der Waals surface area contributed by atoms with Gasteiger partial charge >= 0.3 is 0 Å². The number of ether oxygens (including phenoxy) is 1. The van der Waals surface area contributed by atoms with Crippen molar-refractivity contribution >= 4 is 29.1 Å². The summed E-state index contributed by atoms with van der Waals surface area (Å²) >= 11 is 0. The second kappa shape index (κ2) is 9.34. The largest absolute Gasteiger partial charge is 0.491 e. The Balaban J connectivity index is 1.13. The number of fused-ring (bicyclic) bond motifs is 1. The Kier molecular flexibility index (Phi) is 6.10. The van der Waals surface area contributed by atoms with E-state index in [0.717, 1.165) is 62.8 Å². The number of piperazine rings is 1. The van der Waals surface area contributed by atoms with Crippen LogP contribution in [0.3, 0.4) is 0 Å². The molecule has 176 valence electrons. The summed E-state index contributed by atoms with van der Waals surface area (Å²) in [6, 6.07) is 5.92. The highest BCUT2D eigenvalue weighted by atomic mass is 16.5. The summed E-state index contributed by atoms with van der Waals surface area (Å²) in [5.74, 6) is 1.83. The van der Waals surface area contributed by atoms with Gasteiger partial charge in [0.25, 0.3) is 0 Å². The molecular formula is C25H28N6O3. The van der Waals surface area contributed by atoms with Crippen LogP contribution in [0, 0.1) is 6.92 Å². The Labute approximate surface area is 197 Å². The zero-order valence-corrected chi connectivity index (χ0v) is 19.5. The molecule has 0 aliphatic carbocycles. The van der Waals surface area contributed by atoms with E-state index < -0.39 is 10.9 Å². The molecule has 1 atom stereocenters. The number of rotatable bonds is 8. The van der Waals surface area contributed by atoms with Crippen LogP contribution >= 0.6 is 0 Å². The summed E-state index contributed by atoms with van der Waals surface area (Å²) in [7, 11) is 1.65. The molecule has 3 aromatic rings. The first-order chi connectivity index (χ1) is 16.5. The van der Waals surface area contributed by atoms with Crippen molar-refractivity contribution in [3.8, 4) is 5.75 Å². The molecule has 2 aliphatic rings. The van der Waals surface area contributed by atoms with Gasteiger partial charge < -0.3 is 15.0 Å². The SMILES string of the molecule is COc1cncnc1N1CCN(CCCC2C=Nc3ccc(Nc4c(C)c(=O)c4=O)cc32)CC1. The van der Waals surface area contributed by atoms with Gasteiger partial charge in [-0.15, -0.1) is 0 Å². The van der Waals surface area contributed by atoms with E-state index in [-0.39, 0.29) is 5.92 Å². The lowest BCUT2D eigenvalue weighted by Gasteiger charge is -2.35. The minimum Gasteiger partial charge on any atom is -0.491 e. The quantitative estimate of drug-likeness (QED) is 0.512. The first-order valence-electron chi connectivity index (χ1n) is 11.6. The molecule has 1 fully saturated rings. The molecule has 9 heteroatoms. The van der Waals surface area contributed by atoms with E-state index in [1.165, 1.54) is 5.56 Å². The summed E-state index contributed by atoms with van der Waals surface area (Å²) in [6.07, 6.45) is 7.38. The Hall–Kier alpha value is -3.59. The number of nitrogens with one attached hydrogen (secondary N) is 1. The van der Waals surface area contributed by atoms with E-state index >= 15 is 0 Å². The summed E-state index contributed by atoms with van der Waals surface area (Å²) in [4.78, 5) is 41.0. The summed E-state index contributed by atoms with van der Waals surface area (Å²) in [6.45, 7) is 6.50. The molecule has 0 radical (unpaired) electrons. The van der Waals surface area contributed by atoms with Gasteiger partial charge in [0.1, 0.15) is 6.33 Å². The van der Waals surface area contributed by atoms with Crippen LogP contribution in [0.5, 0.6) is 5.75 Å². The third kappa shape index (κ3) is 4.19. The monoisotopic (exact) mass is 460 g/mol. The standard InChI is InChI=1S/C25H28N6O3/c1-16-22(24(33)23(16)32)29-18-5-6-20-19(12-18)17(13-27-20)4-3-7-30-8-10-31(11-9-30)25-21(34-2)14-26-15-28-25/h5-6,12-15,17,29H,3-4,7-11H2,1-2H3. The van der Waals surface area contributed by atoms with Crippen molar-refractivity contribution in [3.05, 3.63) is 62.3 Å². The maximum absolute atomic E-state index is 11.8. The Morgan fingerprint density at radius 3 is 2.74 bits per heavy atom. The summed E-state index contributed by atoms with van der Waals surface area (Å²) in [5.41, 5.74) is 3.02. The van der Waals surface area contributed by atoms with Crippen molar-refractivity contribution in [2.75, 3.05) is 50.1 Å². The molecule has 2 aliphatic heterocycles. The second-order valence-corrected chi connectivity index (χ2v) is 8.83. The number of methoxy groups -OCH3 is 1. The molecule has 0 saturated carbocycles. The van der Waals surface area contributed by atoms with Crippen molar-refractivity contribution in [1.82, 2.24) is 14.9 Å². The minimum absolute atomic E-state index is 0.261. The van der Waals surface area contributed by atoms with E-state index in [1.807, 2.05) is 18.3 Å². The average Bonchev–Trinajstić information content (AvgIpc) is 3.29. The number of benzene rings is 1. The number of aromatic nitrogens is 2. The number of hydrogen-bond donors (Lipinski definition) is 1. The van der Waals surface area contributed by atoms with E-state index in [9.17, 15) is 9.59 Å². The topological polar surface area (TPSA) is 100 Å². The smallest absolute Gasteiger partial charge is 0.249 e. The normalized spacial score (nSPS) is 17.8. The third-order valence-corrected chi connectivity index (χ3v) is 6.78. The molecule has 0 spiro atoms. The Bertz CT molecular complexity index is 1290. The lowest BCUT2D eigenvalue weighted by molar-refractivity contribution is 0.251. The molecule has 34 heavy (non-hydrogen) atoms. The van der Waals surface area contributed by atoms with Crippen LogP contribution in [0.1, 0.15) is 29.9 Å². The van der Waals surface area contributed by atoms with Crippen molar-refractivity contribution in [1.29, 1.82) is 0 Å². The minimum atomic E-state index is -0.441. The first-order valence-corrected chi connectivity index (χ1v) is 11.6. The molecule has 1 saturated heterocycles. The van der Waals surface area contributed by atoms with Crippen molar-refractivity contribution in [2.45, 2.75) is 25.7 Å². The van der Waals surface area contributed by atoms with Gasteiger partial charge in [0.05, 0.1) is 24.7 Å². The van der Waals surface area contributed by atoms with Crippen molar-refractivity contribution in [3.63, 3.8) is 0 Å². The number of aliphatic imine (C=N–C) groups is 1. The highest BCUT2D eigenvalue weighted by Gasteiger charge is 2.23. The van der Waals surface area contributed by atoms with Crippen LogP contribution in [-0.2, 0) is 0 Å². The lowest BCUT2D eigenvalue weighted by Crippen LogP contribution is -2.47. The number of hydrogen-bond acceptors (Lipinski definition) is 9. The van der Waals surface area contributed by atoms with E-state index in [1.54, 1.807) is 26.6 Å². The number of nitrogens with zero attached hydrogens (tertiary/aromatic N) is 5. The molecular weight excluding hydrogens is 432 g/mol. The van der Waals surface area contributed by atoms with Crippen LogP contribution in [0.4, 0.5) is 22.9 Å². The van der Waals surface area contributed by atoms with Crippen LogP contribution in [0.25, 0.3) is 0 Å². The lowest BCUT2D eigenvalue weighted by atomic mass is 9.95. The molecule has 9 nitrogen and oxygen atoms in total. The highest BCUT2D eigenvalue weighted by molar-refractivity contribution is 5.82. The van der Waals surface area contributed by atoms with Gasteiger partial charge in [0.15, 0.2) is 11.6 Å². The first kappa shape index (κ1) is 22.2. The van der Waals surface area contributed by atoms with Gasteiger partial charge in [0.2, 0.25) is 10.9 Å². The van der Waals surface area contributed by atoms with Crippen LogP contribution in [0.2, 0.25) is 0 Å². The van der Waals surface area contributed by atoms with Gasteiger partial charge in [-0.2, -0.15) is 0 Å². The summed E-state index contributed by atoms with van der Waals surface area (Å²) < 4.78 is 5.40. The Morgan fingerprint density at radius 1 is 1.15 bits per heavy atom. The van der Waals surface area contributed by atoms with Crippen LogP contribution in [0.15, 0.2) is 45.3 Å². The summed E-state index contributed by atoms with van der Waals surface area (Å²) in [5, 5.41) is 3.11. The predicted octanol–water partition coefficient (Wildman–Crippen LogP) is 2.54. The number of anilines is 3. The molecule has 3 heterocycles. The van der Waals surface area contributed by atoms with Gasteiger partial charge in [-0.05, 0) is 50.1 Å². The maximum Gasteiger partial charge on any atom is 0.249 e. The molecule has 0 bridgehead atoms. The Morgan fingerprint density at radius 2 is 1.97 bits per heavy atom.